The van der Waals surface area contributed by atoms with E-state index in [4.69, 9.17) is 10.2 Å². The molecule has 1 heterocycles. The molecule has 0 saturated carbocycles. The Morgan fingerprint density at radius 3 is 2.17 bits per heavy atom. The Kier molecular flexibility index (Phi) is 5.84. The molecule has 2 aliphatic rings. The van der Waals surface area contributed by atoms with Gasteiger partial charge < -0.3 is 10.2 Å². The molecule has 0 radical (unpaired) electrons. The minimum absolute atomic E-state index is 0.0835. The van der Waals surface area contributed by atoms with Crippen molar-refractivity contribution in [2.75, 3.05) is 0 Å². The van der Waals surface area contributed by atoms with E-state index in [9.17, 15) is 4.79 Å². The maximum atomic E-state index is 13.2. The highest BCUT2D eigenvalue weighted by molar-refractivity contribution is 6.12. The van der Waals surface area contributed by atoms with Gasteiger partial charge in [-0.25, -0.2) is 0 Å². The molecule has 30 heavy (non-hydrogen) atoms. The lowest BCUT2D eigenvalue weighted by Crippen LogP contribution is -2.28. The fraction of sp³-hybridized carbons (Fsp3) is 0.400. The number of Topliss-reactive ketones (excluding diaryl/α,β-unsaturated/α-hetero) is 1. The van der Waals surface area contributed by atoms with E-state index in [2.05, 4.69) is 51.8 Å². The van der Waals surface area contributed by atoms with Crippen molar-refractivity contribution in [3.63, 3.8) is 0 Å². The third-order valence-electron chi connectivity index (χ3n) is 5.12. The maximum absolute atomic E-state index is 13.2. The topological polar surface area (TPSA) is 80.9 Å². The van der Waals surface area contributed by atoms with E-state index in [1.165, 1.54) is 0 Å². The molecule has 2 N–H and O–H groups in total. The van der Waals surface area contributed by atoms with Crippen LogP contribution < -0.4 is 5.73 Å². The van der Waals surface area contributed by atoms with Crippen LogP contribution in [0.3, 0.4) is 0 Å². The summed E-state index contributed by atoms with van der Waals surface area (Å²) in [4.78, 5) is 13.2. The van der Waals surface area contributed by atoms with Gasteiger partial charge in [-0.3, -0.25) is 4.79 Å². The van der Waals surface area contributed by atoms with Crippen LogP contribution in [0, 0.1) is 10.8 Å². The van der Waals surface area contributed by atoms with E-state index in [1.54, 1.807) is 6.26 Å². The van der Waals surface area contributed by atoms with E-state index in [1.807, 2.05) is 36.4 Å². The Morgan fingerprint density at radius 1 is 1.03 bits per heavy atom. The summed E-state index contributed by atoms with van der Waals surface area (Å²) in [5.74, 6) is 0.686. The molecule has 0 spiro atoms. The van der Waals surface area contributed by atoms with Crippen molar-refractivity contribution < 1.29 is 9.21 Å². The molecule has 2 aliphatic carbocycles. The monoisotopic (exact) mass is 405 g/mol. The van der Waals surface area contributed by atoms with Crippen LogP contribution >= 0.6 is 0 Å². The summed E-state index contributed by atoms with van der Waals surface area (Å²) in [7, 11) is 0. The molecule has 5 heteroatoms. The lowest BCUT2D eigenvalue weighted by Gasteiger charge is -2.31. The van der Waals surface area contributed by atoms with Gasteiger partial charge in [0, 0.05) is 22.4 Å². The highest BCUT2D eigenvalue weighted by Crippen LogP contribution is 2.41. The molecular weight excluding hydrogens is 374 g/mol. The Bertz CT molecular complexity index is 979. The third-order valence-corrected chi connectivity index (χ3v) is 5.12. The predicted molar refractivity (Wildman–Crippen MR) is 120 cm³/mol. The second kappa shape index (κ2) is 8.05. The molecule has 0 bridgehead atoms. The van der Waals surface area contributed by atoms with E-state index in [0.717, 1.165) is 41.0 Å². The number of allylic oxidation sites excluding steroid dienone is 8. The van der Waals surface area contributed by atoms with Gasteiger partial charge >= 0.3 is 0 Å². The van der Waals surface area contributed by atoms with Crippen molar-refractivity contribution in [3.8, 4) is 0 Å². The van der Waals surface area contributed by atoms with Crippen LogP contribution in [0.4, 0.5) is 0 Å². The van der Waals surface area contributed by atoms with Gasteiger partial charge in [0.2, 0.25) is 0 Å². The molecule has 158 valence electrons. The van der Waals surface area contributed by atoms with Crippen LogP contribution in [-0.4, -0.2) is 5.78 Å². The van der Waals surface area contributed by atoms with Crippen LogP contribution in [0.15, 0.2) is 85.5 Å². The number of nitrogens with zero attached hydrogens (tertiary/aromatic N) is 2. The lowest BCUT2D eigenvalue weighted by atomic mass is 9.71. The van der Waals surface area contributed by atoms with Crippen molar-refractivity contribution in [1.82, 2.24) is 0 Å². The number of carbonyl (C=O) groups excluding carboxylic acids is 1. The number of hydrogen-bond donors (Lipinski definition) is 1. The molecule has 0 saturated heterocycles. The number of ketones is 1. The molecule has 3 rings (SSSR count). The fourth-order valence-electron chi connectivity index (χ4n) is 3.43. The molecule has 0 aromatic carbocycles. The Labute approximate surface area is 178 Å². The fourth-order valence-corrected chi connectivity index (χ4v) is 3.43. The molecule has 0 aliphatic heterocycles. The van der Waals surface area contributed by atoms with Gasteiger partial charge in [-0.05, 0) is 54.0 Å². The van der Waals surface area contributed by atoms with Gasteiger partial charge in [0.15, 0.2) is 11.5 Å². The van der Waals surface area contributed by atoms with Crippen molar-refractivity contribution in [1.29, 1.82) is 0 Å². The summed E-state index contributed by atoms with van der Waals surface area (Å²) in [5, 5.41) is 8.97. The van der Waals surface area contributed by atoms with Gasteiger partial charge in [-0.2, -0.15) is 5.11 Å². The van der Waals surface area contributed by atoms with Crippen molar-refractivity contribution in [3.05, 3.63) is 76.6 Å². The second-order valence-electron chi connectivity index (χ2n) is 9.81. The van der Waals surface area contributed by atoms with Crippen LogP contribution in [-0.2, 0) is 4.79 Å². The lowest BCUT2D eigenvalue weighted by molar-refractivity contribution is -0.114. The third kappa shape index (κ3) is 4.78. The summed E-state index contributed by atoms with van der Waals surface area (Å²) < 4.78 is 5.66. The first-order valence-electron chi connectivity index (χ1n) is 10.3. The summed E-state index contributed by atoms with van der Waals surface area (Å²) in [6.45, 7) is 12.3. The number of nitrogens with two attached hydrogens (primary N) is 1. The SMILES string of the molecule is CC(C)(C)C1=CC(=C(N=NC2=CCCC(N)=C2)c2ccco2)C=C(C(C)(C)C)C1=O. The van der Waals surface area contributed by atoms with Crippen molar-refractivity contribution >= 4 is 11.5 Å². The Balaban J connectivity index is 2.21. The summed E-state index contributed by atoms with van der Waals surface area (Å²) >= 11 is 0. The van der Waals surface area contributed by atoms with E-state index in [-0.39, 0.29) is 16.6 Å². The normalized spacial score (nSPS) is 18.2. The molecule has 0 atom stereocenters. The largest absolute Gasteiger partial charge is 0.463 e. The van der Waals surface area contributed by atoms with Gasteiger partial charge in [-0.1, -0.05) is 47.6 Å². The minimum atomic E-state index is -0.304. The first-order valence-corrected chi connectivity index (χ1v) is 10.3. The quantitative estimate of drug-likeness (QED) is 0.583. The van der Waals surface area contributed by atoms with Crippen LogP contribution in [0.5, 0.6) is 0 Å². The van der Waals surface area contributed by atoms with Gasteiger partial charge in [0.1, 0.15) is 5.70 Å². The molecular formula is C25H31N3O2. The summed E-state index contributed by atoms with van der Waals surface area (Å²) in [5.41, 5.74) is 9.79. The summed E-state index contributed by atoms with van der Waals surface area (Å²) in [6.07, 6.45) is 11.0. The highest BCUT2D eigenvalue weighted by Gasteiger charge is 2.35. The van der Waals surface area contributed by atoms with Crippen molar-refractivity contribution in [2.24, 2.45) is 26.8 Å². The van der Waals surface area contributed by atoms with Crippen LogP contribution in [0.25, 0.3) is 5.70 Å². The van der Waals surface area contributed by atoms with Gasteiger partial charge in [0.05, 0.1) is 12.0 Å². The number of carbonyl (C=O) groups is 1. The van der Waals surface area contributed by atoms with Crippen LogP contribution in [0.2, 0.25) is 0 Å². The molecule has 1 aromatic heterocycles. The van der Waals surface area contributed by atoms with Gasteiger partial charge in [0.25, 0.3) is 0 Å². The van der Waals surface area contributed by atoms with E-state index >= 15 is 0 Å². The molecule has 5 nitrogen and oxygen atoms in total. The van der Waals surface area contributed by atoms with Crippen molar-refractivity contribution in [2.45, 2.75) is 54.4 Å². The first-order chi connectivity index (χ1) is 14.0. The molecule has 0 fully saturated rings. The molecule has 1 aromatic rings. The smallest absolute Gasteiger partial charge is 0.186 e. The zero-order valence-corrected chi connectivity index (χ0v) is 18.7. The first kappa shape index (κ1) is 21.8. The Hall–Kier alpha value is -2.95. The van der Waals surface area contributed by atoms with Crippen LogP contribution in [0.1, 0.15) is 60.1 Å². The zero-order chi connectivity index (χ0) is 22.1. The number of hydrogen-bond acceptors (Lipinski definition) is 5. The predicted octanol–water partition coefficient (Wildman–Crippen LogP) is 6.49. The summed E-state index contributed by atoms with van der Waals surface area (Å²) in [6, 6.07) is 3.67. The highest BCUT2D eigenvalue weighted by atomic mass is 16.3. The number of azo groups is 1. The zero-order valence-electron chi connectivity index (χ0n) is 18.7. The number of rotatable bonds is 3. The second-order valence-corrected chi connectivity index (χ2v) is 9.81. The average molecular weight is 406 g/mol. The van der Waals surface area contributed by atoms with E-state index < -0.39 is 0 Å². The van der Waals surface area contributed by atoms with Gasteiger partial charge in [-0.15, -0.1) is 5.11 Å². The Morgan fingerprint density at radius 2 is 1.67 bits per heavy atom. The van der Waals surface area contributed by atoms with E-state index in [0.29, 0.717) is 11.5 Å². The minimum Gasteiger partial charge on any atom is -0.463 e. The number of furan rings is 1. The molecule has 0 amide bonds. The molecule has 0 unspecified atom stereocenters. The average Bonchev–Trinajstić information content (AvgIpc) is 3.15. The standard InChI is InChI=1S/C25H31N3O2/c1-24(2,3)19-13-16(14-20(23(19)29)25(4,5)6)22(21-11-8-12-30-21)28-27-18-10-7-9-17(26)15-18/h8,10-15H,7,9,26H2,1-6H3. The maximum Gasteiger partial charge on any atom is 0.186 e.